The van der Waals surface area contributed by atoms with Crippen LogP contribution in [0, 0.1) is 0 Å². The van der Waals surface area contributed by atoms with Crippen molar-refractivity contribution in [1.82, 2.24) is 5.32 Å². The van der Waals surface area contributed by atoms with E-state index in [1.807, 2.05) is 25.1 Å². The molecular formula is C21H21NO3S2. The van der Waals surface area contributed by atoms with Crippen molar-refractivity contribution in [1.29, 1.82) is 0 Å². The maximum absolute atomic E-state index is 12.3. The zero-order valence-electron chi connectivity index (χ0n) is 15.2. The molecule has 1 N–H and O–H groups in total. The topological polar surface area (TPSA) is 63.2 Å². The van der Waals surface area contributed by atoms with Gasteiger partial charge in [0.2, 0.25) is 5.91 Å². The molecular weight excluding hydrogens is 378 g/mol. The first-order valence-electron chi connectivity index (χ1n) is 8.54. The second-order valence-electron chi connectivity index (χ2n) is 6.43. The van der Waals surface area contributed by atoms with Crippen LogP contribution in [0.5, 0.6) is 0 Å². The average Bonchev–Trinajstić information content (AvgIpc) is 2.65. The summed E-state index contributed by atoms with van der Waals surface area (Å²) >= 11 is 1.50. The number of carbonyl (C=O) groups excluding carboxylic acids is 1. The first kappa shape index (κ1) is 19.5. The number of hydrogen-bond acceptors (Lipinski definition) is 4. The van der Waals surface area contributed by atoms with Crippen molar-refractivity contribution in [2.24, 2.45) is 0 Å². The second kappa shape index (κ2) is 8.15. The molecule has 0 aliphatic heterocycles. The van der Waals surface area contributed by atoms with Crippen LogP contribution in [-0.4, -0.2) is 26.3 Å². The van der Waals surface area contributed by atoms with Crippen LogP contribution in [0.3, 0.4) is 0 Å². The first-order valence-corrected chi connectivity index (χ1v) is 11.4. The van der Waals surface area contributed by atoms with Gasteiger partial charge in [0.25, 0.3) is 0 Å². The molecule has 0 saturated heterocycles. The fourth-order valence-electron chi connectivity index (χ4n) is 2.78. The van der Waals surface area contributed by atoms with Crippen molar-refractivity contribution in [3.8, 4) is 0 Å². The van der Waals surface area contributed by atoms with Crippen LogP contribution in [0.4, 0.5) is 0 Å². The van der Waals surface area contributed by atoms with Crippen LogP contribution in [0.2, 0.25) is 0 Å². The van der Waals surface area contributed by atoms with Crippen molar-refractivity contribution in [2.75, 3.05) is 12.0 Å². The smallest absolute Gasteiger partial charge is 0.230 e. The molecule has 0 bridgehead atoms. The van der Waals surface area contributed by atoms with Crippen LogP contribution >= 0.6 is 11.8 Å². The highest BCUT2D eigenvalue weighted by Gasteiger charge is 2.12. The van der Waals surface area contributed by atoms with Gasteiger partial charge in [0.15, 0.2) is 9.84 Å². The Hall–Kier alpha value is -2.31. The predicted molar refractivity (Wildman–Crippen MR) is 111 cm³/mol. The third kappa shape index (κ3) is 5.11. The molecule has 1 unspecified atom stereocenters. The zero-order valence-corrected chi connectivity index (χ0v) is 16.8. The number of hydrogen-bond donors (Lipinski definition) is 1. The highest BCUT2D eigenvalue weighted by atomic mass is 32.2. The van der Waals surface area contributed by atoms with Crippen LogP contribution in [0.15, 0.2) is 76.5 Å². The molecule has 6 heteroatoms. The Balaban J connectivity index is 1.58. The summed E-state index contributed by atoms with van der Waals surface area (Å²) in [5, 5.41) is 5.29. The van der Waals surface area contributed by atoms with E-state index in [0.717, 1.165) is 15.8 Å². The van der Waals surface area contributed by atoms with E-state index < -0.39 is 9.84 Å². The van der Waals surface area contributed by atoms with Gasteiger partial charge in [-0.15, -0.1) is 11.8 Å². The van der Waals surface area contributed by atoms with Gasteiger partial charge >= 0.3 is 0 Å². The molecule has 1 atom stereocenters. The zero-order chi connectivity index (χ0) is 19.4. The Kier molecular flexibility index (Phi) is 5.87. The summed E-state index contributed by atoms with van der Waals surface area (Å²) in [7, 11) is -3.21. The molecule has 0 radical (unpaired) electrons. The molecule has 0 aromatic heterocycles. The summed E-state index contributed by atoms with van der Waals surface area (Å²) < 4.78 is 23.0. The Morgan fingerprint density at radius 3 is 2.33 bits per heavy atom. The maximum Gasteiger partial charge on any atom is 0.230 e. The van der Waals surface area contributed by atoms with Gasteiger partial charge in [-0.2, -0.15) is 0 Å². The lowest BCUT2D eigenvalue weighted by molar-refractivity contribution is -0.119. The van der Waals surface area contributed by atoms with E-state index in [1.165, 1.54) is 23.4 Å². The molecule has 3 rings (SSSR count). The molecule has 27 heavy (non-hydrogen) atoms. The fraction of sp³-hybridized carbons (Fsp3) is 0.190. The Morgan fingerprint density at radius 2 is 1.67 bits per heavy atom. The first-order chi connectivity index (χ1) is 12.8. The lowest BCUT2D eigenvalue weighted by Crippen LogP contribution is -2.28. The molecule has 3 aromatic carbocycles. The van der Waals surface area contributed by atoms with E-state index in [0.29, 0.717) is 5.75 Å². The van der Waals surface area contributed by atoms with Crippen molar-refractivity contribution in [3.05, 3.63) is 72.3 Å². The third-order valence-corrected chi connectivity index (χ3v) is 6.40. The summed E-state index contributed by atoms with van der Waals surface area (Å²) in [5.41, 5.74) is 0.867. The quantitative estimate of drug-likeness (QED) is 0.631. The van der Waals surface area contributed by atoms with E-state index in [2.05, 4.69) is 29.6 Å². The normalized spacial score (nSPS) is 12.7. The molecule has 1 amide bonds. The average molecular weight is 400 g/mol. The highest BCUT2D eigenvalue weighted by molar-refractivity contribution is 8.00. The fourth-order valence-corrected chi connectivity index (χ4v) is 4.16. The summed E-state index contributed by atoms with van der Waals surface area (Å²) in [5.74, 6) is 0.261. The van der Waals surface area contributed by atoms with Crippen molar-refractivity contribution < 1.29 is 13.2 Å². The van der Waals surface area contributed by atoms with Gasteiger partial charge in [-0.3, -0.25) is 4.79 Å². The number of sulfone groups is 1. The van der Waals surface area contributed by atoms with Crippen molar-refractivity contribution in [2.45, 2.75) is 22.8 Å². The Labute approximate surface area is 163 Å². The molecule has 3 aromatic rings. The van der Waals surface area contributed by atoms with Gasteiger partial charge in [0.05, 0.1) is 16.7 Å². The standard InChI is InChI=1S/C21H21NO3S2/c1-15(16-8-11-20(12-9-16)27(2,24)25)22-21(23)14-26-19-10-7-17-5-3-4-6-18(17)13-19/h3-13,15H,14H2,1-2H3,(H,22,23). The van der Waals surface area contributed by atoms with Crippen LogP contribution in [0.25, 0.3) is 10.8 Å². The van der Waals surface area contributed by atoms with Gasteiger partial charge in [-0.1, -0.05) is 42.5 Å². The molecule has 0 fully saturated rings. The van der Waals surface area contributed by atoms with Gasteiger partial charge < -0.3 is 5.32 Å². The number of thioether (sulfide) groups is 1. The van der Waals surface area contributed by atoms with E-state index in [4.69, 9.17) is 0 Å². The number of nitrogens with one attached hydrogen (secondary N) is 1. The summed E-state index contributed by atoms with van der Waals surface area (Å²) in [6.45, 7) is 1.88. The summed E-state index contributed by atoms with van der Waals surface area (Å²) in [4.78, 5) is 13.6. The number of fused-ring (bicyclic) bond motifs is 1. The molecule has 4 nitrogen and oxygen atoms in total. The van der Waals surface area contributed by atoms with Crippen molar-refractivity contribution in [3.63, 3.8) is 0 Å². The minimum Gasteiger partial charge on any atom is -0.349 e. The number of carbonyl (C=O) groups is 1. The van der Waals surface area contributed by atoms with E-state index in [-0.39, 0.29) is 16.8 Å². The summed E-state index contributed by atoms with van der Waals surface area (Å²) in [6.07, 6.45) is 1.18. The summed E-state index contributed by atoms with van der Waals surface area (Å²) in [6, 6.07) is 20.7. The Bertz CT molecular complexity index is 1060. The van der Waals surface area contributed by atoms with E-state index in [1.54, 1.807) is 24.3 Å². The largest absolute Gasteiger partial charge is 0.349 e. The third-order valence-electron chi connectivity index (χ3n) is 4.28. The SMILES string of the molecule is CC(NC(=O)CSc1ccc2ccccc2c1)c1ccc(S(C)(=O)=O)cc1. The number of benzene rings is 3. The van der Waals surface area contributed by atoms with Crippen LogP contribution < -0.4 is 5.32 Å². The lowest BCUT2D eigenvalue weighted by Gasteiger charge is -2.14. The molecule has 140 valence electrons. The van der Waals surface area contributed by atoms with Gasteiger partial charge in [-0.05, 0) is 47.5 Å². The minimum absolute atomic E-state index is 0.0622. The highest BCUT2D eigenvalue weighted by Crippen LogP contribution is 2.24. The van der Waals surface area contributed by atoms with Gasteiger partial charge in [-0.25, -0.2) is 8.42 Å². The van der Waals surface area contributed by atoms with E-state index in [9.17, 15) is 13.2 Å². The lowest BCUT2D eigenvalue weighted by atomic mass is 10.1. The van der Waals surface area contributed by atoms with Gasteiger partial charge in [0.1, 0.15) is 0 Å². The van der Waals surface area contributed by atoms with Gasteiger partial charge in [0, 0.05) is 11.2 Å². The molecule has 0 heterocycles. The molecule has 0 saturated carbocycles. The molecule has 0 aliphatic rings. The molecule has 0 aliphatic carbocycles. The second-order valence-corrected chi connectivity index (χ2v) is 9.49. The Morgan fingerprint density at radius 1 is 1.00 bits per heavy atom. The van der Waals surface area contributed by atoms with Crippen molar-refractivity contribution >= 4 is 38.3 Å². The monoisotopic (exact) mass is 399 g/mol. The molecule has 0 spiro atoms. The predicted octanol–water partition coefficient (Wildman–Crippen LogP) is 4.21. The number of amides is 1. The maximum atomic E-state index is 12.3. The van der Waals surface area contributed by atoms with Crippen LogP contribution in [0.1, 0.15) is 18.5 Å². The minimum atomic E-state index is -3.21. The number of rotatable bonds is 6. The van der Waals surface area contributed by atoms with Crippen LogP contribution in [-0.2, 0) is 14.6 Å². The van der Waals surface area contributed by atoms with E-state index >= 15 is 0 Å².